The Morgan fingerprint density at radius 1 is 1.27 bits per heavy atom. The Balaban J connectivity index is 2.32. The standard InChI is InChI=1S/C19H20F3NO3/c1-3-5-17(24)23-13(7-9-18(25)26-4-2)6-8-16(23)12-10-14(20)19(22)15(21)11-12/h3,7,9-11,13,16H,1,4-6,8H2,2H3/b9-7+/t13-,16+/m1/s1. The predicted molar refractivity (Wildman–Crippen MR) is 89.5 cm³/mol. The number of ether oxygens (including phenoxy) is 1. The number of rotatable bonds is 6. The van der Waals surface area contributed by atoms with Crippen molar-refractivity contribution in [1.29, 1.82) is 0 Å². The molecule has 2 rings (SSSR count). The van der Waals surface area contributed by atoms with Gasteiger partial charge in [0, 0.05) is 12.5 Å². The Kier molecular flexibility index (Phi) is 6.60. The highest BCUT2D eigenvalue weighted by Crippen LogP contribution is 2.38. The molecule has 140 valence electrons. The fraction of sp³-hybridized carbons (Fsp3) is 0.368. The zero-order valence-electron chi connectivity index (χ0n) is 14.4. The molecule has 0 saturated carbocycles. The Bertz CT molecular complexity index is 710. The second-order valence-corrected chi connectivity index (χ2v) is 5.86. The van der Waals surface area contributed by atoms with Crippen molar-refractivity contribution < 1.29 is 27.5 Å². The van der Waals surface area contributed by atoms with Crippen molar-refractivity contribution in [2.24, 2.45) is 0 Å². The topological polar surface area (TPSA) is 46.6 Å². The Morgan fingerprint density at radius 3 is 2.50 bits per heavy atom. The SMILES string of the molecule is C=CCC(=O)N1[C@@H](/C=C/C(=O)OCC)CC[C@H]1c1cc(F)c(F)c(F)c1. The first-order valence-electron chi connectivity index (χ1n) is 8.30. The Labute approximate surface area is 149 Å². The normalized spacial score (nSPS) is 19.8. The van der Waals surface area contributed by atoms with Gasteiger partial charge in [-0.1, -0.05) is 12.2 Å². The summed E-state index contributed by atoms with van der Waals surface area (Å²) in [5, 5.41) is 0. The molecule has 1 heterocycles. The first-order chi connectivity index (χ1) is 12.4. The lowest BCUT2D eigenvalue weighted by Gasteiger charge is -2.29. The lowest BCUT2D eigenvalue weighted by molar-refractivity contribution is -0.137. The van der Waals surface area contributed by atoms with E-state index in [4.69, 9.17) is 4.74 Å². The summed E-state index contributed by atoms with van der Waals surface area (Å²) in [5.74, 6) is -4.99. The average Bonchev–Trinajstić information content (AvgIpc) is 3.02. The summed E-state index contributed by atoms with van der Waals surface area (Å²) >= 11 is 0. The largest absolute Gasteiger partial charge is 0.463 e. The van der Waals surface area contributed by atoms with E-state index >= 15 is 0 Å². The maximum atomic E-state index is 13.6. The first-order valence-corrected chi connectivity index (χ1v) is 8.30. The van der Waals surface area contributed by atoms with Gasteiger partial charge in [0.15, 0.2) is 17.5 Å². The summed E-state index contributed by atoms with van der Waals surface area (Å²) in [4.78, 5) is 25.4. The van der Waals surface area contributed by atoms with E-state index in [0.29, 0.717) is 12.8 Å². The van der Waals surface area contributed by atoms with Crippen molar-refractivity contribution in [3.05, 3.63) is 60.0 Å². The van der Waals surface area contributed by atoms with Crippen molar-refractivity contribution in [2.45, 2.75) is 38.3 Å². The molecule has 1 aliphatic rings. The van der Waals surface area contributed by atoms with Crippen LogP contribution in [0.1, 0.15) is 37.8 Å². The molecule has 0 aliphatic carbocycles. The minimum absolute atomic E-state index is 0.0341. The van der Waals surface area contributed by atoms with Crippen LogP contribution in [0.5, 0.6) is 0 Å². The molecule has 0 aromatic heterocycles. The molecule has 4 nitrogen and oxygen atoms in total. The third kappa shape index (κ3) is 4.33. The number of amides is 1. The number of hydrogen-bond donors (Lipinski definition) is 0. The third-order valence-electron chi connectivity index (χ3n) is 4.17. The predicted octanol–water partition coefficient (Wildman–Crippen LogP) is 3.83. The summed E-state index contributed by atoms with van der Waals surface area (Å²) in [5.41, 5.74) is 0.172. The van der Waals surface area contributed by atoms with Crippen LogP contribution in [0.15, 0.2) is 36.9 Å². The monoisotopic (exact) mass is 367 g/mol. The molecule has 1 saturated heterocycles. The van der Waals surface area contributed by atoms with Gasteiger partial charge in [-0.3, -0.25) is 4.79 Å². The van der Waals surface area contributed by atoms with Crippen molar-refractivity contribution in [3.63, 3.8) is 0 Å². The van der Waals surface area contributed by atoms with E-state index in [2.05, 4.69) is 6.58 Å². The second-order valence-electron chi connectivity index (χ2n) is 5.86. The van der Waals surface area contributed by atoms with E-state index in [1.807, 2.05) is 0 Å². The lowest BCUT2D eigenvalue weighted by atomic mass is 10.0. The number of carbonyl (C=O) groups excluding carboxylic acids is 2. The Morgan fingerprint density at radius 2 is 1.92 bits per heavy atom. The highest BCUT2D eigenvalue weighted by molar-refractivity contribution is 5.83. The highest BCUT2D eigenvalue weighted by atomic mass is 19.2. The Hall–Kier alpha value is -2.57. The number of benzene rings is 1. The molecule has 0 N–H and O–H groups in total. The molecule has 1 aromatic rings. The van der Waals surface area contributed by atoms with E-state index < -0.39 is 35.5 Å². The average molecular weight is 367 g/mol. The van der Waals surface area contributed by atoms with Crippen molar-refractivity contribution >= 4 is 11.9 Å². The van der Waals surface area contributed by atoms with Gasteiger partial charge in [-0.25, -0.2) is 18.0 Å². The van der Waals surface area contributed by atoms with Crippen LogP contribution >= 0.6 is 0 Å². The van der Waals surface area contributed by atoms with Crippen molar-refractivity contribution in [3.8, 4) is 0 Å². The molecule has 1 aromatic carbocycles. The number of nitrogens with zero attached hydrogens (tertiary/aromatic N) is 1. The van der Waals surface area contributed by atoms with Gasteiger partial charge in [0.05, 0.1) is 18.7 Å². The smallest absolute Gasteiger partial charge is 0.330 e. The fourth-order valence-electron chi connectivity index (χ4n) is 3.09. The molecule has 7 heteroatoms. The molecule has 0 radical (unpaired) electrons. The van der Waals surface area contributed by atoms with Crippen LogP contribution in [0.4, 0.5) is 13.2 Å². The molecular weight excluding hydrogens is 347 g/mol. The van der Waals surface area contributed by atoms with Crippen LogP contribution < -0.4 is 0 Å². The molecule has 2 atom stereocenters. The number of carbonyl (C=O) groups is 2. The molecule has 1 amide bonds. The lowest BCUT2D eigenvalue weighted by Crippen LogP contribution is -2.36. The fourth-order valence-corrected chi connectivity index (χ4v) is 3.09. The minimum Gasteiger partial charge on any atom is -0.463 e. The van der Waals surface area contributed by atoms with Crippen LogP contribution in [0, 0.1) is 17.5 Å². The minimum atomic E-state index is -1.55. The number of likely N-dealkylation sites (tertiary alicyclic amines) is 1. The van der Waals surface area contributed by atoms with Crippen molar-refractivity contribution in [2.75, 3.05) is 6.61 Å². The maximum absolute atomic E-state index is 13.6. The summed E-state index contributed by atoms with van der Waals surface area (Å²) in [6.07, 6.45) is 5.14. The van der Waals surface area contributed by atoms with Gasteiger partial charge < -0.3 is 9.64 Å². The number of esters is 1. The van der Waals surface area contributed by atoms with Crippen LogP contribution in [-0.4, -0.2) is 29.4 Å². The van der Waals surface area contributed by atoms with Gasteiger partial charge in [-0.05, 0) is 37.5 Å². The van der Waals surface area contributed by atoms with Gasteiger partial charge in [-0.2, -0.15) is 0 Å². The zero-order valence-corrected chi connectivity index (χ0v) is 14.4. The molecule has 0 spiro atoms. The van der Waals surface area contributed by atoms with Crippen LogP contribution in [0.25, 0.3) is 0 Å². The van der Waals surface area contributed by atoms with E-state index in [9.17, 15) is 22.8 Å². The van der Waals surface area contributed by atoms with E-state index in [1.54, 1.807) is 6.92 Å². The van der Waals surface area contributed by atoms with Gasteiger partial charge in [0.25, 0.3) is 0 Å². The van der Waals surface area contributed by atoms with E-state index in [1.165, 1.54) is 23.1 Å². The van der Waals surface area contributed by atoms with E-state index in [0.717, 1.165) is 12.1 Å². The molecule has 0 unspecified atom stereocenters. The second kappa shape index (κ2) is 8.69. The summed E-state index contributed by atoms with van der Waals surface area (Å²) in [6.45, 7) is 5.43. The number of halogens is 3. The van der Waals surface area contributed by atoms with Crippen molar-refractivity contribution in [1.82, 2.24) is 4.90 Å². The maximum Gasteiger partial charge on any atom is 0.330 e. The van der Waals surface area contributed by atoms with Crippen LogP contribution in [-0.2, 0) is 14.3 Å². The summed E-state index contributed by atoms with van der Waals surface area (Å²) in [6, 6.07) is 0.737. The molecule has 1 fully saturated rings. The molecule has 0 bridgehead atoms. The van der Waals surface area contributed by atoms with Gasteiger partial charge in [0.2, 0.25) is 5.91 Å². The van der Waals surface area contributed by atoms with Gasteiger partial charge >= 0.3 is 5.97 Å². The summed E-state index contributed by atoms with van der Waals surface area (Å²) < 4.78 is 45.2. The van der Waals surface area contributed by atoms with Crippen LogP contribution in [0.2, 0.25) is 0 Å². The molecule has 26 heavy (non-hydrogen) atoms. The zero-order chi connectivity index (χ0) is 19.3. The van der Waals surface area contributed by atoms with Crippen LogP contribution in [0.3, 0.4) is 0 Å². The quantitative estimate of drug-likeness (QED) is 0.332. The third-order valence-corrected chi connectivity index (χ3v) is 4.17. The number of hydrogen-bond acceptors (Lipinski definition) is 3. The van der Waals surface area contributed by atoms with Gasteiger partial charge in [-0.15, -0.1) is 6.58 Å². The highest BCUT2D eigenvalue weighted by Gasteiger charge is 2.36. The molecule has 1 aliphatic heterocycles. The van der Waals surface area contributed by atoms with E-state index in [-0.39, 0.29) is 24.5 Å². The molecular formula is C19H20F3NO3. The van der Waals surface area contributed by atoms with Gasteiger partial charge in [0.1, 0.15) is 0 Å². The summed E-state index contributed by atoms with van der Waals surface area (Å²) in [7, 11) is 0. The first kappa shape index (κ1) is 19.8.